The van der Waals surface area contributed by atoms with Gasteiger partial charge in [0.2, 0.25) is 0 Å². The molecule has 8 nitrogen and oxygen atoms in total. The number of ketones is 1. The molecule has 1 fully saturated rings. The van der Waals surface area contributed by atoms with Crippen LogP contribution >= 0.6 is 11.3 Å². The summed E-state index contributed by atoms with van der Waals surface area (Å²) in [6, 6.07) is 12.5. The van der Waals surface area contributed by atoms with Gasteiger partial charge in [0.1, 0.15) is 17.4 Å². The molecule has 0 radical (unpaired) electrons. The molecule has 0 spiro atoms. The molecule has 0 aliphatic carbocycles. The molecule has 2 heterocycles. The summed E-state index contributed by atoms with van der Waals surface area (Å²) in [5.74, 6) is -3.60. The van der Waals surface area contributed by atoms with Gasteiger partial charge in [0.25, 0.3) is 11.5 Å². The quantitative estimate of drug-likeness (QED) is 0.139. The maximum atomic E-state index is 13.7. The standard InChI is InChI=1S/C24H13F2N3O5S/c25-14-5-1-13(2-6-14)21(30)19-20(12-3-8-16(9-4-12)29(33)34)28(23(32)22(19)31)24-27-17-10-7-15(26)11-18(17)35-24/h1-11,20,30H/t20-/m1/s1. The lowest BCUT2D eigenvalue weighted by Gasteiger charge is -2.22. The zero-order chi connectivity index (χ0) is 24.9. The molecule has 1 atom stereocenters. The fraction of sp³-hybridized carbons (Fsp3) is 0.0417. The molecule has 35 heavy (non-hydrogen) atoms. The number of nitro groups is 1. The Morgan fingerprint density at radius 2 is 1.66 bits per heavy atom. The zero-order valence-corrected chi connectivity index (χ0v) is 18.3. The molecule has 1 aliphatic rings. The van der Waals surface area contributed by atoms with Gasteiger partial charge in [-0.3, -0.25) is 24.6 Å². The molecule has 1 aliphatic heterocycles. The van der Waals surface area contributed by atoms with E-state index in [-0.39, 0.29) is 22.0 Å². The molecular weight excluding hydrogens is 480 g/mol. The van der Waals surface area contributed by atoms with Crippen molar-refractivity contribution in [2.45, 2.75) is 6.04 Å². The lowest BCUT2D eigenvalue weighted by Crippen LogP contribution is -2.29. The molecule has 11 heteroatoms. The Bertz CT molecular complexity index is 1550. The van der Waals surface area contributed by atoms with E-state index >= 15 is 0 Å². The minimum Gasteiger partial charge on any atom is -0.507 e. The lowest BCUT2D eigenvalue weighted by atomic mass is 9.95. The fourth-order valence-electron chi connectivity index (χ4n) is 3.88. The Hall–Kier alpha value is -4.51. The number of rotatable bonds is 4. The Morgan fingerprint density at radius 1 is 1.00 bits per heavy atom. The van der Waals surface area contributed by atoms with Gasteiger partial charge in [0.15, 0.2) is 5.13 Å². The predicted molar refractivity (Wildman–Crippen MR) is 124 cm³/mol. The number of aliphatic hydroxyl groups excluding tert-OH is 1. The van der Waals surface area contributed by atoms with E-state index in [1.54, 1.807) is 0 Å². The van der Waals surface area contributed by atoms with Crippen LogP contribution in [0.15, 0.2) is 72.3 Å². The van der Waals surface area contributed by atoms with E-state index in [9.17, 15) is 33.6 Å². The van der Waals surface area contributed by atoms with Crippen LogP contribution in [0.2, 0.25) is 0 Å². The second-order valence-electron chi connectivity index (χ2n) is 7.63. The van der Waals surface area contributed by atoms with Crippen molar-refractivity contribution in [3.63, 3.8) is 0 Å². The number of halogens is 2. The molecule has 5 rings (SSSR count). The lowest BCUT2D eigenvalue weighted by molar-refractivity contribution is -0.384. The number of amides is 1. The molecule has 0 unspecified atom stereocenters. The molecule has 0 bridgehead atoms. The number of aliphatic hydroxyl groups is 1. The number of carbonyl (C=O) groups excluding carboxylic acids is 2. The number of nitrogens with zero attached hydrogens (tertiary/aromatic N) is 3. The van der Waals surface area contributed by atoms with Gasteiger partial charge in [-0.2, -0.15) is 0 Å². The monoisotopic (exact) mass is 493 g/mol. The highest BCUT2D eigenvalue weighted by molar-refractivity contribution is 7.22. The van der Waals surface area contributed by atoms with E-state index in [0.29, 0.717) is 15.8 Å². The van der Waals surface area contributed by atoms with E-state index in [2.05, 4.69) is 4.98 Å². The average Bonchev–Trinajstić information content (AvgIpc) is 3.37. The zero-order valence-electron chi connectivity index (χ0n) is 17.5. The molecule has 1 N–H and O–H groups in total. The van der Waals surface area contributed by atoms with E-state index in [4.69, 9.17) is 0 Å². The number of aromatic nitrogens is 1. The summed E-state index contributed by atoms with van der Waals surface area (Å²) >= 11 is 0.972. The average molecular weight is 493 g/mol. The van der Waals surface area contributed by atoms with Gasteiger partial charge in [-0.05, 0) is 60.2 Å². The summed E-state index contributed by atoms with van der Waals surface area (Å²) in [6.07, 6.45) is 0. The Balaban J connectivity index is 1.72. The minimum atomic E-state index is -1.19. The summed E-state index contributed by atoms with van der Waals surface area (Å²) < 4.78 is 27.6. The number of nitro benzene ring substituents is 1. The summed E-state index contributed by atoms with van der Waals surface area (Å²) in [6.45, 7) is 0. The van der Waals surface area contributed by atoms with Crippen LogP contribution in [0.25, 0.3) is 16.0 Å². The Labute approximate surface area is 199 Å². The molecule has 4 aromatic rings. The van der Waals surface area contributed by atoms with Crippen LogP contribution in [-0.2, 0) is 9.59 Å². The largest absolute Gasteiger partial charge is 0.507 e. The third-order valence-electron chi connectivity index (χ3n) is 5.53. The maximum Gasteiger partial charge on any atom is 0.301 e. The van der Waals surface area contributed by atoms with E-state index < -0.39 is 40.0 Å². The molecule has 1 saturated heterocycles. The molecule has 1 aromatic heterocycles. The Kier molecular flexibility index (Phi) is 5.33. The summed E-state index contributed by atoms with van der Waals surface area (Å²) in [7, 11) is 0. The fourth-order valence-corrected chi connectivity index (χ4v) is 4.89. The highest BCUT2D eigenvalue weighted by Gasteiger charge is 2.48. The first kappa shape index (κ1) is 22.3. The number of benzene rings is 3. The van der Waals surface area contributed by atoms with Gasteiger partial charge in [-0.1, -0.05) is 11.3 Å². The van der Waals surface area contributed by atoms with Crippen molar-refractivity contribution < 1.29 is 28.4 Å². The maximum absolute atomic E-state index is 13.7. The topological polar surface area (TPSA) is 114 Å². The van der Waals surface area contributed by atoms with Crippen LogP contribution in [0.4, 0.5) is 19.6 Å². The van der Waals surface area contributed by atoms with Crippen molar-refractivity contribution in [2.75, 3.05) is 4.90 Å². The molecule has 174 valence electrons. The van der Waals surface area contributed by atoms with Crippen LogP contribution < -0.4 is 4.90 Å². The van der Waals surface area contributed by atoms with Crippen molar-refractivity contribution in [1.29, 1.82) is 0 Å². The molecular formula is C24H13F2N3O5S. The third kappa shape index (κ3) is 3.81. The van der Waals surface area contributed by atoms with Crippen molar-refractivity contribution in [3.8, 4) is 0 Å². The van der Waals surface area contributed by atoms with Crippen molar-refractivity contribution >= 4 is 49.8 Å². The highest BCUT2D eigenvalue weighted by Crippen LogP contribution is 2.44. The highest BCUT2D eigenvalue weighted by atomic mass is 32.1. The molecule has 1 amide bonds. The SMILES string of the molecule is O=C1C(=O)N(c2nc3ccc(F)cc3s2)[C@H](c2ccc([N+](=O)[O-])cc2)C1=C(O)c1ccc(F)cc1. The first-order chi connectivity index (χ1) is 16.7. The van der Waals surface area contributed by atoms with Gasteiger partial charge < -0.3 is 5.11 Å². The summed E-state index contributed by atoms with van der Waals surface area (Å²) in [5, 5.41) is 22.2. The number of fused-ring (bicyclic) bond motifs is 1. The smallest absolute Gasteiger partial charge is 0.301 e. The first-order valence-corrected chi connectivity index (χ1v) is 10.9. The van der Waals surface area contributed by atoms with Gasteiger partial charge in [0, 0.05) is 17.7 Å². The summed E-state index contributed by atoms with van der Waals surface area (Å²) in [5.41, 5.74) is 0.293. The minimum absolute atomic E-state index is 0.0780. The van der Waals surface area contributed by atoms with Crippen LogP contribution in [-0.4, -0.2) is 26.7 Å². The molecule has 3 aromatic carbocycles. The number of hydrogen-bond donors (Lipinski definition) is 1. The number of hydrogen-bond acceptors (Lipinski definition) is 7. The first-order valence-electron chi connectivity index (χ1n) is 10.1. The van der Waals surface area contributed by atoms with Crippen LogP contribution in [0, 0.1) is 21.7 Å². The van der Waals surface area contributed by atoms with Crippen molar-refractivity contribution in [3.05, 3.63) is 105 Å². The second-order valence-corrected chi connectivity index (χ2v) is 8.64. The third-order valence-corrected chi connectivity index (χ3v) is 6.54. The van der Waals surface area contributed by atoms with Crippen molar-refractivity contribution in [1.82, 2.24) is 4.98 Å². The number of Topliss-reactive ketones (excluding diaryl/α,β-unsaturated/α-hetero) is 1. The van der Waals surface area contributed by atoms with Gasteiger partial charge in [0.05, 0.1) is 26.8 Å². The van der Waals surface area contributed by atoms with E-state index in [1.807, 2.05) is 0 Å². The summed E-state index contributed by atoms with van der Waals surface area (Å²) in [4.78, 5) is 42.2. The van der Waals surface area contributed by atoms with Crippen LogP contribution in [0.3, 0.4) is 0 Å². The van der Waals surface area contributed by atoms with Gasteiger partial charge in [-0.15, -0.1) is 0 Å². The number of carbonyl (C=O) groups is 2. The second kappa shape index (κ2) is 8.37. The normalized spacial score (nSPS) is 17.3. The van der Waals surface area contributed by atoms with E-state index in [0.717, 1.165) is 28.4 Å². The molecule has 0 saturated carbocycles. The van der Waals surface area contributed by atoms with Crippen LogP contribution in [0.1, 0.15) is 17.2 Å². The number of non-ortho nitro benzene ring substituents is 1. The van der Waals surface area contributed by atoms with E-state index in [1.165, 1.54) is 54.6 Å². The number of thiazole rings is 1. The Morgan fingerprint density at radius 3 is 2.31 bits per heavy atom. The van der Waals surface area contributed by atoms with Gasteiger partial charge in [-0.25, -0.2) is 13.8 Å². The van der Waals surface area contributed by atoms with Gasteiger partial charge >= 0.3 is 5.91 Å². The van der Waals surface area contributed by atoms with Crippen molar-refractivity contribution in [2.24, 2.45) is 0 Å². The predicted octanol–water partition coefficient (Wildman–Crippen LogP) is 5.11. The number of anilines is 1. The van der Waals surface area contributed by atoms with Crippen LogP contribution in [0.5, 0.6) is 0 Å².